The highest BCUT2D eigenvalue weighted by molar-refractivity contribution is 7.83. The summed E-state index contributed by atoms with van der Waals surface area (Å²) in [6.45, 7) is 2.04. The Morgan fingerprint density at radius 1 is 1.30 bits per heavy atom. The molecule has 23 heavy (non-hydrogen) atoms. The van der Waals surface area contributed by atoms with Gasteiger partial charge in [-0.15, -0.1) is 11.3 Å². The predicted molar refractivity (Wildman–Crippen MR) is 96.6 cm³/mol. The van der Waals surface area contributed by atoms with E-state index in [1.165, 1.54) is 30.7 Å². The van der Waals surface area contributed by atoms with Gasteiger partial charge in [-0.1, -0.05) is 30.5 Å². The SMILES string of the molecule is COc1ccc(C)cc1C[S@@](=O)Cc1csc(C2CCCC2)n1. The molecule has 0 aliphatic heterocycles. The van der Waals surface area contributed by atoms with Crippen LogP contribution in [0, 0.1) is 6.92 Å². The van der Waals surface area contributed by atoms with Crippen LogP contribution < -0.4 is 4.74 Å². The standard InChI is InChI=1S/C18H23NO2S2/c1-13-7-8-17(21-2)15(9-13)11-23(20)12-16-10-22-18(19-16)14-5-3-4-6-14/h7-10,14H,3-6,11-12H2,1-2H3/t23-/m1/s1. The molecule has 0 radical (unpaired) electrons. The summed E-state index contributed by atoms with van der Waals surface area (Å²) < 4.78 is 17.9. The third kappa shape index (κ3) is 4.21. The molecule has 3 rings (SSSR count). The Bertz CT molecular complexity index is 690. The van der Waals surface area contributed by atoms with Gasteiger partial charge < -0.3 is 4.74 Å². The average molecular weight is 350 g/mol. The number of thiazole rings is 1. The second-order valence-electron chi connectivity index (χ2n) is 6.20. The summed E-state index contributed by atoms with van der Waals surface area (Å²) in [6.07, 6.45) is 5.16. The number of nitrogens with zero attached hydrogens (tertiary/aromatic N) is 1. The van der Waals surface area contributed by atoms with E-state index < -0.39 is 10.8 Å². The molecule has 2 aromatic rings. The molecule has 1 saturated carbocycles. The van der Waals surface area contributed by atoms with Gasteiger partial charge in [-0.3, -0.25) is 4.21 Å². The molecule has 1 aliphatic carbocycles. The molecular weight excluding hydrogens is 326 g/mol. The molecule has 0 N–H and O–H groups in total. The minimum absolute atomic E-state index is 0.515. The Kier molecular flexibility index (Phi) is 5.49. The molecule has 0 saturated heterocycles. The highest BCUT2D eigenvalue weighted by Gasteiger charge is 2.20. The first kappa shape index (κ1) is 16.7. The lowest BCUT2D eigenvalue weighted by atomic mass is 10.1. The summed E-state index contributed by atoms with van der Waals surface area (Å²) in [5.74, 6) is 2.49. The topological polar surface area (TPSA) is 39.2 Å². The first-order valence-electron chi connectivity index (χ1n) is 8.08. The van der Waals surface area contributed by atoms with Crippen LogP contribution in [-0.2, 0) is 22.3 Å². The highest BCUT2D eigenvalue weighted by Crippen LogP contribution is 2.35. The molecule has 1 aromatic carbocycles. The zero-order valence-electron chi connectivity index (χ0n) is 13.7. The quantitative estimate of drug-likeness (QED) is 0.767. The van der Waals surface area contributed by atoms with E-state index in [9.17, 15) is 4.21 Å². The van der Waals surface area contributed by atoms with Gasteiger partial charge in [0.25, 0.3) is 0 Å². The van der Waals surface area contributed by atoms with Gasteiger partial charge in [0, 0.05) is 27.7 Å². The van der Waals surface area contributed by atoms with Gasteiger partial charge in [-0.25, -0.2) is 4.98 Å². The van der Waals surface area contributed by atoms with Crippen LogP contribution in [-0.4, -0.2) is 16.3 Å². The summed E-state index contributed by atoms with van der Waals surface area (Å²) in [5.41, 5.74) is 3.15. The van der Waals surface area contributed by atoms with Crippen LogP contribution in [0.25, 0.3) is 0 Å². The van der Waals surface area contributed by atoms with Gasteiger partial charge in [-0.05, 0) is 25.8 Å². The van der Waals surface area contributed by atoms with Crippen LogP contribution in [0.2, 0.25) is 0 Å². The van der Waals surface area contributed by atoms with Crippen molar-refractivity contribution in [2.24, 2.45) is 0 Å². The van der Waals surface area contributed by atoms with E-state index in [2.05, 4.69) is 11.4 Å². The largest absolute Gasteiger partial charge is 0.496 e. The van der Waals surface area contributed by atoms with Gasteiger partial charge in [-0.2, -0.15) is 0 Å². The number of ether oxygens (including phenoxy) is 1. The zero-order valence-corrected chi connectivity index (χ0v) is 15.3. The highest BCUT2D eigenvalue weighted by atomic mass is 32.2. The molecule has 1 aromatic heterocycles. The number of methoxy groups -OCH3 is 1. The molecule has 0 unspecified atom stereocenters. The van der Waals surface area contributed by atoms with Gasteiger partial charge >= 0.3 is 0 Å². The normalized spacial score (nSPS) is 16.6. The Hall–Kier alpha value is -1.20. The number of hydrogen-bond donors (Lipinski definition) is 0. The van der Waals surface area contributed by atoms with Crippen molar-refractivity contribution in [1.29, 1.82) is 0 Å². The van der Waals surface area contributed by atoms with Crippen LogP contribution in [0.3, 0.4) is 0 Å². The molecule has 0 amide bonds. The fourth-order valence-corrected chi connectivity index (χ4v) is 5.41. The van der Waals surface area contributed by atoms with Gasteiger partial charge in [0.1, 0.15) is 5.75 Å². The van der Waals surface area contributed by atoms with Gasteiger partial charge in [0.15, 0.2) is 0 Å². The van der Waals surface area contributed by atoms with Crippen molar-refractivity contribution in [2.75, 3.05) is 7.11 Å². The fraction of sp³-hybridized carbons (Fsp3) is 0.500. The van der Waals surface area contributed by atoms with Crippen LogP contribution in [0.5, 0.6) is 5.75 Å². The number of benzene rings is 1. The molecule has 5 heteroatoms. The molecule has 1 atom stereocenters. The van der Waals surface area contributed by atoms with E-state index in [0.29, 0.717) is 17.4 Å². The van der Waals surface area contributed by atoms with Gasteiger partial charge in [0.2, 0.25) is 0 Å². The summed E-state index contributed by atoms with van der Waals surface area (Å²) in [7, 11) is 0.692. The number of aromatic nitrogens is 1. The summed E-state index contributed by atoms with van der Waals surface area (Å²) in [6, 6.07) is 6.02. The lowest BCUT2D eigenvalue weighted by Gasteiger charge is -2.09. The fourth-order valence-electron chi connectivity index (χ4n) is 3.16. The van der Waals surface area contributed by atoms with Crippen LogP contribution in [0.15, 0.2) is 23.6 Å². The summed E-state index contributed by atoms with van der Waals surface area (Å²) >= 11 is 1.73. The Labute approximate surface area is 144 Å². The molecule has 0 bridgehead atoms. The van der Waals surface area contributed by atoms with Crippen molar-refractivity contribution >= 4 is 22.1 Å². The second kappa shape index (κ2) is 7.58. The van der Waals surface area contributed by atoms with Crippen LogP contribution >= 0.6 is 11.3 Å². The smallest absolute Gasteiger partial charge is 0.123 e. The number of rotatable bonds is 6. The summed E-state index contributed by atoms with van der Waals surface area (Å²) in [5, 5.41) is 3.32. The lowest BCUT2D eigenvalue weighted by molar-refractivity contribution is 0.411. The van der Waals surface area contributed by atoms with Crippen molar-refractivity contribution < 1.29 is 8.95 Å². The summed E-state index contributed by atoms with van der Waals surface area (Å²) in [4.78, 5) is 4.73. The molecule has 0 spiro atoms. The van der Waals surface area contributed by atoms with E-state index >= 15 is 0 Å². The zero-order chi connectivity index (χ0) is 16.2. The van der Waals surface area contributed by atoms with Gasteiger partial charge in [0.05, 0.1) is 29.3 Å². The monoisotopic (exact) mass is 349 g/mol. The molecule has 3 nitrogen and oxygen atoms in total. The van der Waals surface area contributed by atoms with E-state index in [-0.39, 0.29) is 0 Å². The van der Waals surface area contributed by atoms with E-state index in [0.717, 1.165) is 22.6 Å². The maximum absolute atomic E-state index is 12.5. The second-order valence-corrected chi connectivity index (χ2v) is 8.55. The van der Waals surface area contributed by atoms with E-state index in [4.69, 9.17) is 9.72 Å². The number of hydrogen-bond acceptors (Lipinski definition) is 4. The third-order valence-corrected chi connectivity index (χ3v) is 6.64. The van der Waals surface area contributed by atoms with Crippen molar-refractivity contribution in [3.63, 3.8) is 0 Å². The number of aryl methyl sites for hydroxylation is 1. The maximum atomic E-state index is 12.5. The average Bonchev–Trinajstić information content (AvgIpc) is 3.18. The minimum atomic E-state index is -0.966. The van der Waals surface area contributed by atoms with Crippen LogP contribution in [0.4, 0.5) is 0 Å². The van der Waals surface area contributed by atoms with E-state index in [1.54, 1.807) is 18.4 Å². The van der Waals surface area contributed by atoms with Crippen LogP contribution in [0.1, 0.15) is 53.4 Å². The first-order valence-corrected chi connectivity index (χ1v) is 10.5. The Balaban J connectivity index is 1.64. The molecule has 124 valence electrons. The van der Waals surface area contributed by atoms with Crippen molar-refractivity contribution in [2.45, 2.75) is 50.0 Å². The Morgan fingerprint density at radius 3 is 2.83 bits per heavy atom. The lowest BCUT2D eigenvalue weighted by Crippen LogP contribution is -2.02. The molecule has 1 aliphatic rings. The maximum Gasteiger partial charge on any atom is 0.123 e. The minimum Gasteiger partial charge on any atom is -0.496 e. The third-order valence-electron chi connectivity index (χ3n) is 4.34. The Morgan fingerprint density at radius 2 is 2.09 bits per heavy atom. The van der Waals surface area contributed by atoms with Crippen molar-refractivity contribution in [3.05, 3.63) is 45.4 Å². The molecular formula is C18H23NO2S2. The molecule has 1 fully saturated rings. The molecule has 1 heterocycles. The first-order chi connectivity index (χ1) is 11.2. The predicted octanol–water partition coefficient (Wildman–Crippen LogP) is 4.57. The van der Waals surface area contributed by atoms with Crippen molar-refractivity contribution in [3.8, 4) is 5.75 Å². The van der Waals surface area contributed by atoms with Crippen molar-refractivity contribution in [1.82, 2.24) is 4.98 Å². The van der Waals surface area contributed by atoms with E-state index in [1.807, 2.05) is 19.1 Å².